The highest BCUT2D eigenvalue weighted by Gasteiger charge is 2.84. The van der Waals surface area contributed by atoms with Crippen LogP contribution in [-0.4, -0.2) is 76.5 Å². The maximum Gasteiger partial charge on any atom is 0.408 e. The van der Waals surface area contributed by atoms with Gasteiger partial charge in [0, 0.05) is 17.8 Å². The molecule has 1 amide bonds. The second kappa shape index (κ2) is 11.5. The predicted molar refractivity (Wildman–Crippen MR) is 182 cm³/mol. The first kappa shape index (κ1) is 36.9. The SMILES string of the molecule is CC(=O)O[C@@H](C1C[C@@H](C)C2C(O1)[C@H](O)[C@@]1(C)[C@@H]3CC[C@H]4C(C)(C)[C@@H](OC(=O)CNC(=O)OC(C)(C)C)CC[C@@]45CC35CC[C@]21C)C(C)(C)O. The number of carbonyl (C=O) groups is 3. The monoisotopic (exact) mass is 689 g/mol. The van der Waals surface area contributed by atoms with Crippen molar-refractivity contribution in [1.82, 2.24) is 5.32 Å². The fraction of sp³-hybridized carbons (Fsp3) is 0.923. The lowest BCUT2D eigenvalue weighted by Gasteiger charge is -2.63. The number of ether oxygens (including phenoxy) is 4. The van der Waals surface area contributed by atoms with Crippen molar-refractivity contribution in [3.8, 4) is 0 Å². The number of aliphatic hydroxyl groups is 2. The lowest BCUT2D eigenvalue weighted by molar-refractivity contribution is -0.216. The van der Waals surface area contributed by atoms with Crippen LogP contribution in [0.15, 0.2) is 0 Å². The van der Waals surface area contributed by atoms with E-state index >= 15 is 0 Å². The molecule has 5 saturated carbocycles. The molecule has 6 fully saturated rings. The van der Waals surface area contributed by atoms with Crippen LogP contribution in [0.25, 0.3) is 0 Å². The summed E-state index contributed by atoms with van der Waals surface area (Å²) in [6.07, 6.45) is 4.52. The zero-order chi connectivity index (χ0) is 36.3. The first-order valence-electron chi connectivity index (χ1n) is 18.8. The van der Waals surface area contributed by atoms with E-state index in [-0.39, 0.29) is 51.6 Å². The van der Waals surface area contributed by atoms with E-state index in [1.54, 1.807) is 34.6 Å². The zero-order valence-electron chi connectivity index (χ0n) is 31.8. The van der Waals surface area contributed by atoms with Gasteiger partial charge in [-0.25, -0.2) is 4.79 Å². The third-order valence-electron chi connectivity index (χ3n) is 15.1. The summed E-state index contributed by atoms with van der Waals surface area (Å²) in [7, 11) is 0. The zero-order valence-corrected chi connectivity index (χ0v) is 31.8. The Kier molecular flexibility index (Phi) is 8.69. The molecule has 1 saturated heterocycles. The van der Waals surface area contributed by atoms with Gasteiger partial charge in [0.1, 0.15) is 18.2 Å². The first-order chi connectivity index (χ1) is 22.4. The van der Waals surface area contributed by atoms with Crippen LogP contribution in [0.5, 0.6) is 0 Å². The average Bonchev–Trinajstić information content (AvgIpc) is 3.59. The van der Waals surface area contributed by atoms with Crippen molar-refractivity contribution < 1.29 is 43.5 Å². The van der Waals surface area contributed by atoms with E-state index in [0.717, 1.165) is 44.9 Å². The highest BCUT2D eigenvalue weighted by molar-refractivity contribution is 5.78. The predicted octanol–water partition coefficient (Wildman–Crippen LogP) is 5.94. The van der Waals surface area contributed by atoms with Gasteiger partial charge in [-0.15, -0.1) is 0 Å². The molecule has 1 heterocycles. The van der Waals surface area contributed by atoms with Crippen molar-refractivity contribution in [1.29, 1.82) is 0 Å². The van der Waals surface area contributed by atoms with Crippen LogP contribution >= 0.6 is 0 Å². The minimum absolute atomic E-state index is 0.122. The number of carbonyl (C=O) groups excluding carboxylic acids is 3. The fourth-order valence-corrected chi connectivity index (χ4v) is 13.2. The molecule has 0 aromatic heterocycles. The lowest BCUT2D eigenvalue weighted by Crippen LogP contribution is -2.60. The third-order valence-corrected chi connectivity index (χ3v) is 15.1. The molecule has 0 radical (unpaired) electrons. The van der Waals surface area contributed by atoms with Crippen LogP contribution in [0.4, 0.5) is 4.79 Å². The molecule has 3 N–H and O–H groups in total. The van der Waals surface area contributed by atoms with Gasteiger partial charge in [-0.2, -0.15) is 0 Å². The second-order valence-electron chi connectivity index (χ2n) is 19.6. The Morgan fingerprint density at radius 2 is 1.59 bits per heavy atom. The molecule has 10 heteroatoms. The van der Waals surface area contributed by atoms with Gasteiger partial charge < -0.3 is 34.5 Å². The molecular formula is C39H63NO9. The second-order valence-corrected chi connectivity index (χ2v) is 19.6. The molecule has 4 unspecified atom stereocenters. The molecule has 2 spiro atoms. The van der Waals surface area contributed by atoms with Gasteiger partial charge in [-0.3, -0.25) is 9.59 Å². The van der Waals surface area contributed by atoms with Gasteiger partial charge in [-0.1, -0.05) is 34.6 Å². The number of hydrogen-bond acceptors (Lipinski definition) is 9. The number of nitrogens with one attached hydrogen (secondary N) is 1. The van der Waals surface area contributed by atoms with Crippen molar-refractivity contribution in [2.75, 3.05) is 6.54 Å². The highest BCUT2D eigenvalue weighted by atomic mass is 16.6. The summed E-state index contributed by atoms with van der Waals surface area (Å²) in [5, 5.41) is 26.1. The minimum Gasteiger partial charge on any atom is -0.460 e. The maximum atomic E-state index is 12.9. The Labute approximate surface area is 293 Å². The molecule has 6 aliphatic rings. The van der Waals surface area contributed by atoms with E-state index in [1.807, 2.05) is 0 Å². The molecule has 6 rings (SSSR count). The number of amides is 1. The lowest BCUT2D eigenvalue weighted by atomic mass is 9.41. The summed E-state index contributed by atoms with van der Waals surface area (Å²) < 4.78 is 23.8. The first-order valence-corrected chi connectivity index (χ1v) is 18.8. The fourth-order valence-electron chi connectivity index (χ4n) is 13.2. The largest absolute Gasteiger partial charge is 0.460 e. The van der Waals surface area contributed by atoms with Gasteiger partial charge in [0.05, 0.1) is 23.9 Å². The highest BCUT2D eigenvalue weighted by Crippen LogP contribution is 2.89. The van der Waals surface area contributed by atoms with E-state index in [0.29, 0.717) is 18.3 Å². The number of fused-ring (bicyclic) bond motifs is 4. The Hall–Kier alpha value is -1.91. The molecule has 10 nitrogen and oxygen atoms in total. The number of esters is 2. The van der Waals surface area contributed by atoms with Gasteiger partial charge >= 0.3 is 18.0 Å². The van der Waals surface area contributed by atoms with E-state index in [2.05, 4.69) is 39.9 Å². The molecule has 49 heavy (non-hydrogen) atoms. The van der Waals surface area contributed by atoms with Gasteiger partial charge in [0.15, 0.2) is 6.10 Å². The average molecular weight is 690 g/mol. The molecule has 278 valence electrons. The number of aliphatic hydroxyl groups excluding tert-OH is 1. The summed E-state index contributed by atoms with van der Waals surface area (Å²) in [5.74, 6) is 0.229. The molecule has 0 aromatic rings. The molecular weight excluding hydrogens is 626 g/mol. The molecule has 13 atom stereocenters. The maximum absolute atomic E-state index is 12.9. The van der Waals surface area contributed by atoms with E-state index in [1.165, 1.54) is 6.92 Å². The summed E-state index contributed by atoms with van der Waals surface area (Å²) in [4.78, 5) is 37.1. The normalized spacial score (nSPS) is 45.7. The third kappa shape index (κ3) is 5.46. The van der Waals surface area contributed by atoms with Crippen molar-refractivity contribution in [2.45, 2.75) is 169 Å². The quantitative estimate of drug-likeness (QED) is 0.228. The molecule has 0 bridgehead atoms. The van der Waals surface area contributed by atoms with E-state index < -0.39 is 53.6 Å². The van der Waals surface area contributed by atoms with E-state index in [4.69, 9.17) is 18.9 Å². The van der Waals surface area contributed by atoms with Crippen molar-refractivity contribution in [2.24, 2.45) is 50.7 Å². The van der Waals surface area contributed by atoms with E-state index in [9.17, 15) is 24.6 Å². The summed E-state index contributed by atoms with van der Waals surface area (Å²) >= 11 is 0. The Morgan fingerprint density at radius 3 is 2.20 bits per heavy atom. The van der Waals surface area contributed by atoms with Crippen LogP contribution < -0.4 is 5.32 Å². The number of rotatable bonds is 6. The molecule has 1 aliphatic heterocycles. The Bertz CT molecular complexity index is 1350. The van der Waals surface area contributed by atoms with Crippen molar-refractivity contribution in [3.05, 3.63) is 0 Å². The van der Waals surface area contributed by atoms with Crippen LogP contribution in [0, 0.1) is 50.7 Å². The van der Waals surface area contributed by atoms with Crippen LogP contribution in [0.3, 0.4) is 0 Å². The summed E-state index contributed by atoms with van der Waals surface area (Å²) in [6.45, 7) is 21.3. The van der Waals surface area contributed by atoms with Crippen LogP contribution in [0.2, 0.25) is 0 Å². The Balaban J connectivity index is 1.20. The van der Waals surface area contributed by atoms with Gasteiger partial charge in [0.25, 0.3) is 0 Å². The number of hydrogen-bond donors (Lipinski definition) is 3. The van der Waals surface area contributed by atoms with Gasteiger partial charge in [-0.05, 0) is 126 Å². The van der Waals surface area contributed by atoms with Crippen molar-refractivity contribution in [3.63, 3.8) is 0 Å². The standard InChI is InChI=1S/C39H63NO9/c1-21-18-23(31(35(8,9)45)46-22(2)41)47-29-28(21)36(10)16-17-39-20-38(39)15-14-26(48-27(42)19-40-32(44)49-33(3,4)5)34(6,7)24(38)12-13-25(39)37(36,11)30(29)43/h21,23-26,28-31,43,45H,12-20H2,1-11H3,(H,40,44)/t21-,23?,24+,25+,26+,28?,29?,30+,31+,36-,37-,38-,39?/m1/s1. The topological polar surface area (TPSA) is 141 Å². The number of alkyl carbamates (subject to hydrolysis) is 1. The Morgan fingerprint density at radius 1 is 0.959 bits per heavy atom. The minimum atomic E-state index is -1.29. The van der Waals surface area contributed by atoms with Crippen LogP contribution in [-0.2, 0) is 28.5 Å². The molecule has 0 aromatic carbocycles. The molecule has 5 aliphatic carbocycles. The van der Waals surface area contributed by atoms with Crippen LogP contribution in [0.1, 0.15) is 128 Å². The summed E-state index contributed by atoms with van der Waals surface area (Å²) in [6, 6.07) is 0. The van der Waals surface area contributed by atoms with Gasteiger partial charge in [0.2, 0.25) is 0 Å². The summed E-state index contributed by atoms with van der Waals surface area (Å²) in [5.41, 5.74) is -2.35. The smallest absolute Gasteiger partial charge is 0.408 e. The van der Waals surface area contributed by atoms with Crippen molar-refractivity contribution >= 4 is 18.0 Å².